The van der Waals surface area contributed by atoms with E-state index < -0.39 is 0 Å². The van der Waals surface area contributed by atoms with E-state index in [1.165, 1.54) is 6.07 Å². The van der Waals surface area contributed by atoms with Gasteiger partial charge in [0.05, 0.1) is 4.90 Å². The molecule has 6 heteroatoms. The lowest BCUT2D eigenvalue weighted by molar-refractivity contribution is 0.419. The number of hydrogen-bond donors (Lipinski definition) is 1. The lowest BCUT2D eigenvalue weighted by atomic mass is 10.1. The second-order valence-corrected chi connectivity index (χ2v) is 6.48. The molecule has 1 aromatic carbocycles. The summed E-state index contributed by atoms with van der Waals surface area (Å²) in [6.07, 6.45) is 0. The summed E-state index contributed by atoms with van der Waals surface area (Å²) in [5.74, 6) is 0.192. The Bertz CT molecular complexity index is 592. The summed E-state index contributed by atoms with van der Waals surface area (Å²) in [7, 11) is 0. The fraction of sp³-hybridized carbons (Fsp3) is 0.429. The van der Waals surface area contributed by atoms with Crippen molar-refractivity contribution in [2.45, 2.75) is 49.9 Å². The largest absolute Gasteiger partial charge is 0.416 e. The summed E-state index contributed by atoms with van der Waals surface area (Å²) in [4.78, 5) is 0.521. The standard InChI is InChI=1S/C14H18FN3OS/c1-9-17-18-13(19-9)20-12-10(6-5-7-11(12)15)8-16-14(2,3)4/h5-7,16H,8H2,1-4H3. The zero-order chi connectivity index (χ0) is 14.8. The number of hydrogen-bond acceptors (Lipinski definition) is 5. The van der Waals surface area contributed by atoms with E-state index in [1.807, 2.05) is 6.07 Å². The van der Waals surface area contributed by atoms with Crippen LogP contribution in [0.5, 0.6) is 0 Å². The maximum absolute atomic E-state index is 14.0. The number of rotatable bonds is 4. The molecule has 1 heterocycles. The Kier molecular flexibility index (Phi) is 4.45. The van der Waals surface area contributed by atoms with Gasteiger partial charge in [-0.05, 0) is 44.2 Å². The van der Waals surface area contributed by atoms with Crippen molar-refractivity contribution in [1.29, 1.82) is 0 Å². The lowest BCUT2D eigenvalue weighted by Gasteiger charge is -2.21. The number of benzene rings is 1. The summed E-state index contributed by atoms with van der Waals surface area (Å²) >= 11 is 1.16. The van der Waals surface area contributed by atoms with Crippen molar-refractivity contribution in [2.75, 3.05) is 0 Å². The lowest BCUT2D eigenvalue weighted by Crippen LogP contribution is -2.35. The predicted molar refractivity (Wildman–Crippen MR) is 76.2 cm³/mol. The molecule has 0 amide bonds. The number of nitrogens with one attached hydrogen (secondary N) is 1. The molecule has 1 N–H and O–H groups in total. The first-order valence-electron chi connectivity index (χ1n) is 6.35. The van der Waals surface area contributed by atoms with Crippen LogP contribution in [0.1, 0.15) is 32.2 Å². The number of nitrogens with zero attached hydrogens (tertiary/aromatic N) is 2. The molecule has 0 radical (unpaired) electrons. The maximum Gasteiger partial charge on any atom is 0.281 e. The molecule has 0 saturated carbocycles. The highest BCUT2D eigenvalue weighted by molar-refractivity contribution is 7.99. The highest BCUT2D eigenvalue weighted by atomic mass is 32.2. The topological polar surface area (TPSA) is 51.0 Å². The molecule has 2 rings (SSSR count). The predicted octanol–water partition coefficient (Wildman–Crippen LogP) is 3.56. The monoisotopic (exact) mass is 295 g/mol. The Hall–Kier alpha value is -1.40. The smallest absolute Gasteiger partial charge is 0.281 e. The third-order valence-electron chi connectivity index (χ3n) is 2.55. The summed E-state index contributed by atoms with van der Waals surface area (Å²) in [5.41, 5.74) is 0.843. The molecule has 2 aromatic rings. The van der Waals surface area contributed by atoms with Crippen molar-refractivity contribution >= 4 is 11.8 Å². The molecule has 0 spiro atoms. The van der Waals surface area contributed by atoms with Crippen molar-refractivity contribution in [3.05, 3.63) is 35.5 Å². The van der Waals surface area contributed by atoms with Gasteiger partial charge in [-0.25, -0.2) is 4.39 Å². The number of aromatic nitrogens is 2. The molecule has 108 valence electrons. The quantitative estimate of drug-likeness (QED) is 0.934. The molecule has 0 saturated heterocycles. The molecule has 0 atom stereocenters. The van der Waals surface area contributed by atoms with E-state index >= 15 is 0 Å². The van der Waals surface area contributed by atoms with Crippen LogP contribution in [0, 0.1) is 12.7 Å². The zero-order valence-corrected chi connectivity index (χ0v) is 12.8. The molecule has 1 aromatic heterocycles. The first-order chi connectivity index (χ1) is 9.35. The van der Waals surface area contributed by atoms with Crippen molar-refractivity contribution in [3.63, 3.8) is 0 Å². The van der Waals surface area contributed by atoms with E-state index in [1.54, 1.807) is 13.0 Å². The zero-order valence-electron chi connectivity index (χ0n) is 12.0. The summed E-state index contributed by atoms with van der Waals surface area (Å²) < 4.78 is 19.3. The fourth-order valence-corrected chi connectivity index (χ4v) is 2.43. The Labute approximate surface area is 122 Å². The normalized spacial score (nSPS) is 11.8. The summed E-state index contributed by atoms with van der Waals surface area (Å²) in [6.45, 7) is 8.50. The van der Waals surface area contributed by atoms with Crippen LogP contribution in [-0.2, 0) is 6.54 Å². The average Bonchev–Trinajstić information content (AvgIpc) is 2.75. The Morgan fingerprint density at radius 3 is 2.65 bits per heavy atom. The van der Waals surface area contributed by atoms with E-state index in [9.17, 15) is 4.39 Å². The number of aryl methyl sites for hydroxylation is 1. The minimum absolute atomic E-state index is 0.0324. The van der Waals surface area contributed by atoms with Gasteiger partial charge in [-0.2, -0.15) is 0 Å². The van der Waals surface area contributed by atoms with Crippen LogP contribution in [0.2, 0.25) is 0 Å². The van der Waals surface area contributed by atoms with Crippen molar-refractivity contribution in [1.82, 2.24) is 15.5 Å². The van der Waals surface area contributed by atoms with Gasteiger partial charge in [-0.3, -0.25) is 0 Å². The van der Waals surface area contributed by atoms with Crippen LogP contribution in [0.15, 0.2) is 32.7 Å². The van der Waals surface area contributed by atoms with Gasteiger partial charge in [-0.15, -0.1) is 10.2 Å². The highest BCUT2D eigenvalue weighted by Crippen LogP contribution is 2.32. The van der Waals surface area contributed by atoms with E-state index in [-0.39, 0.29) is 11.4 Å². The Morgan fingerprint density at radius 2 is 2.05 bits per heavy atom. The first-order valence-corrected chi connectivity index (χ1v) is 7.17. The van der Waals surface area contributed by atoms with E-state index in [4.69, 9.17) is 4.42 Å². The summed E-state index contributed by atoms with van der Waals surface area (Å²) in [5, 5.41) is 11.3. The second kappa shape index (κ2) is 5.93. The highest BCUT2D eigenvalue weighted by Gasteiger charge is 2.16. The first kappa shape index (κ1) is 15.0. The molecule has 0 bridgehead atoms. The van der Waals surface area contributed by atoms with Crippen LogP contribution < -0.4 is 5.32 Å². The van der Waals surface area contributed by atoms with Gasteiger partial charge < -0.3 is 9.73 Å². The molecule has 0 aliphatic rings. The van der Waals surface area contributed by atoms with E-state index in [0.717, 1.165) is 17.3 Å². The van der Waals surface area contributed by atoms with Gasteiger partial charge >= 0.3 is 0 Å². The third-order valence-corrected chi connectivity index (χ3v) is 3.56. The minimum atomic E-state index is -0.279. The molecule has 0 aliphatic heterocycles. The van der Waals surface area contributed by atoms with Crippen molar-refractivity contribution < 1.29 is 8.81 Å². The van der Waals surface area contributed by atoms with Gasteiger partial charge in [0.2, 0.25) is 5.89 Å². The molecular formula is C14H18FN3OS. The van der Waals surface area contributed by atoms with Crippen molar-refractivity contribution in [2.24, 2.45) is 0 Å². The van der Waals surface area contributed by atoms with Crippen LogP contribution >= 0.6 is 11.8 Å². The van der Waals surface area contributed by atoms with Crippen molar-refractivity contribution in [3.8, 4) is 0 Å². The Morgan fingerprint density at radius 1 is 1.30 bits per heavy atom. The van der Waals surface area contributed by atoms with Gasteiger partial charge in [0, 0.05) is 19.0 Å². The minimum Gasteiger partial charge on any atom is -0.416 e. The number of halogens is 1. The van der Waals surface area contributed by atoms with Crippen LogP contribution in [0.25, 0.3) is 0 Å². The summed E-state index contributed by atoms with van der Waals surface area (Å²) in [6, 6.07) is 5.04. The van der Waals surface area contributed by atoms with E-state index in [2.05, 4.69) is 36.3 Å². The molecule has 20 heavy (non-hydrogen) atoms. The SMILES string of the molecule is Cc1nnc(Sc2c(F)cccc2CNC(C)(C)C)o1. The molecule has 0 unspecified atom stereocenters. The van der Waals surface area contributed by atoms with Gasteiger partial charge in [0.25, 0.3) is 5.22 Å². The molecule has 4 nitrogen and oxygen atoms in total. The molecule has 0 aliphatic carbocycles. The van der Waals surface area contributed by atoms with Crippen LogP contribution in [-0.4, -0.2) is 15.7 Å². The van der Waals surface area contributed by atoms with E-state index in [0.29, 0.717) is 22.6 Å². The molecular weight excluding hydrogens is 277 g/mol. The molecule has 0 fully saturated rings. The fourth-order valence-electron chi connectivity index (χ4n) is 1.57. The van der Waals surface area contributed by atoms with Gasteiger partial charge in [-0.1, -0.05) is 12.1 Å². The third kappa shape index (κ3) is 4.05. The second-order valence-electron chi connectivity index (χ2n) is 5.52. The van der Waals surface area contributed by atoms with Crippen LogP contribution in [0.4, 0.5) is 4.39 Å². The van der Waals surface area contributed by atoms with Gasteiger partial charge in [0.1, 0.15) is 5.82 Å². The Balaban J connectivity index is 2.22. The maximum atomic E-state index is 14.0. The average molecular weight is 295 g/mol. The van der Waals surface area contributed by atoms with Gasteiger partial charge in [0.15, 0.2) is 0 Å². The van der Waals surface area contributed by atoms with Crippen LogP contribution in [0.3, 0.4) is 0 Å².